The van der Waals surface area contributed by atoms with Crippen LogP contribution in [-0.4, -0.2) is 32.8 Å². The van der Waals surface area contributed by atoms with Gasteiger partial charge in [-0.2, -0.15) is 8.42 Å². The molecule has 2 aromatic carbocycles. The van der Waals surface area contributed by atoms with Crippen LogP contribution in [0, 0.1) is 0 Å². The molecule has 1 saturated heterocycles. The summed E-state index contributed by atoms with van der Waals surface area (Å²) in [4.78, 5) is 0. The minimum absolute atomic E-state index is 0.317. The SMILES string of the molecule is C[C@H]1OS(=O)(=O)O[C@H](C)[C@H](OCc2ccccc2)[C@H]1OCc1ccccc1. The molecular weight excluding hydrogens is 368 g/mol. The van der Waals surface area contributed by atoms with Gasteiger partial charge in [0.25, 0.3) is 0 Å². The van der Waals surface area contributed by atoms with Gasteiger partial charge in [0, 0.05) is 0 Å². The first-order chi connectivity index (χ1) is 12.9. The van der Waals surface area contributed by atoms with Crippen molar-refractivity contribution in [1.29, 1.82) is 0 Å². The van der Waals surface area contributed by atoms with E-state index in [-0.39, 0.29) is 0 Å². The van der Waals surface area contributed by atoms with Crippen molar-refractivity contribution in [2.24, 2.45) is 0 Å². The van der Waals surface area contributed by atoms with Crippen LogP contribution in [0.1, 0.15) is 25.0 Å². The highest BCUT2D eigenvalue weighted by Gasteiger charge is 2.42. The van der Waals surface area contributed by atoms with E-state index in [1.165, 1.54) is 0 Å². The molecule has 0 aliphatic carbocycles. The number of ether oxygens (including phenoxy) is 2. The number of rotatable bonds is 6. The van der Waals surface area contributed by atoms with Crippen molar-refractivity contribution in [2.75, 3.05) is 0 Å². The maximum Gasteiger partial charge on any atom is 0.400 e. The summed E-state index contributed by atoms with van der Waals surface area (Å²) in [7, 11) is -4.11. The van der Waals surface area contributed by atoms with Crippen LogP contribution >= 0.6 is 0 Å². The van der Waals surface area contributed by atoms with Gasteiger partial charge in [-0.3, -0.25) is 0 Å². The molecule has 2 aromatic rings. The van der Waals surface area contributed by atoms with Crippen molar-refractivity contribution >= 4 is 10.4 Å². The molecule has 0 aromatic heterocycles. The highest BCUT2D eigenvalue weighted by Crippen LogP contribution is 2.26. The summed E-state index contributed by atoms with van der Waals surface area (Å²) in [5, 5.41) is 0. The van der Waals surface area contributed by atoms with Crippen molar-refractivity contribution in [3.05, 3.63) is 71.8 Å². The third-order valence-corrected chi connectivity index (χ3v) is 5.44. The summed E-state index contributed by atoms with van der Waals surface area (Å²) in [5.41, 5.74) is 1.96. The lowest BCUT2D eigenvalue weighted by Crippen LogP contribution is -2.44. The molecule has 1 aliphatic heterocycles. The number of hydrogen-bond donors (Lipinski definition) is 0. The lowest BCUT2D eigenvalue weighted by Gasteiger charge is -2.30. The summed E-state index contributed by atoms with van der Waals surface area (Å²) in [6.07, 6.45) is -2.71. The first kappa shape index (κ1) is 20.0. The summed E-state index contributed by atoms with van der Waals surface area (Å²) in [6.45, 7) is 3.93. The zero-order valence-electron chi connectivity index (χ0n) is 15.4. The van der Waals surface area contributed by atoms with Crippen molar-refractivity contribution in [1.82, 2.24) is 0 Å². The lowest BCUT2D eigenvalue weighted by atomic mass is 10.0. The Balaban J connectivity index is 1.77. The Morgan fingerprint density at radius 2 is 1.11 bits per heavy atom. The van der Waals surface area contributed by atoms with Crippen molar-refractivity contribution < 1.29 is 26.3 Å². The summed E-state index contributed by atoms with van der Waals surface area (Å²) in [5.74, 6) is 0. The monoisotopic (exact) mass is 392 g/mol. The van der Waals surface area contributed by atoms with Gasteiger partial charge >= 0.3 is 10.4 Å². The predicted octanol–water partition coefficient (Wildman–Crippen LogP) is 3.23. The topological polar surface area (TPSA) is 71.1 Å². The van der Waals surface area contributed by atoms with Gasteiger partial charge in [-0.15, -0.1) is 0 Å². The Morgan fingerprint density at radius 1 is 0.741 bits per heavy atom. The molecule has 1 fully saturated rings. The van der Waals surface area contributed by atoms with Gasteiger partial charge in [-0.25, -0.2) is 8.37 Å². The maximum atomic E-state index is 12.0. The average Bonchev–Trinajstić information content (AvgIpc) is 2.72. The van der Waals surface area contributed by atoms with E-state index >= 15 is 0 Å². The van der Waals surface area contributed by atoms with E-state index < -0.39 is 34.8 Å². The van der Waals surface area contributed by atoms with Gasteiger partial charge in [-0.1, -0.05) is 60.7 Å². The standard InChI is InChI=1S/C20H24O6S/c1-15-19(23-13-17-9-5-3-6-10-17)20(16(2)26-27(21,22)25-15)24-14-18-11-7-4-8-12-18/h3-12,15-16,19-20H,13-14H2,1-2H3/t15-,16-,19+,20+/m1/s1. The molecule has 0 unspecified atom stereocenters. The molecule has 6 nitrogen and oxygen atoms in total. The minimum Gasteiger partial charge on any atom is -0.368 e. The molecule has 146 valence electrons. The fourth-order valence-corrected chi connectivity index (χ4v) is 4.04. The van der Waals surface area contributed by atoms with E-state index in [0.717, 1.165) is 11.1 Å². The van der Waals surface area contributed by atoms with Gasteiger partial charge in [-0.05, 0) is 25.0 Å². The molecule has 0 bridgehead atoms. The van der Waals surface area contributed by atoms with Gasteiger partial charge in [0.2, 0.25) is 0 Å². The van der Waals surface area contributed by atoms with E-state index in [1.54, 1.807) is 13.8 Å². The van der Waals surface area contributed by atoms with Crippen LogP contribution < -0.4 is 0 Å². The minimum atomic E-state index is -4.11. The van der Waals surface area contributed by atoms with E-state index in [0.29, 0.717) is 13.2 Å². The first-order valence-electron chi connectivity index (χ1n) is 8.87. The van der Waals surface area contributed by atoms with Crippen LogP contribution in [-0.2, 0) is 41.5 Å². The molecule has 0 spiro atoms. The molecule has 0 saturated carbocycles. The molecule has 3 rings (SSSR count). The molecule has 1 aliphatic rings. The zero-order valence-corrected chi connectivity index (χ0v) is 16.2. The van der Waals surface area contributed by atoms with Crippen LogP contribution in [0.15, 0.2) is 60.7 Å². The lowest BCUT2D eigenvalue weighted by molar-refractivity contribution is -0.135. The van der Waals surface area contributed by atoms with E-state index in [2.05, 4.69) is 0 Å². The highest BCUT2D eigenvalue weighted by molar-refractivity contribution is 7.81. The van der Waals surface area contributed by atoms with Crippen LogP contribution in [0.4, 0.5) is 0 Å². The van der Waals surface area contributed by atoms with Gasteiger partial charge in [0.05, 0.1) is 13.2 Å². The highest BCUT2D eigenvalue weighted by atomic mass is 32.3. The Bertz CT molecular complexity index is 745. The van der Waals surface area contributed by atoms with E-state index in [1.807, 2.05) is 60.7 Å². The van der Waals surface area contributed by atoms with Crippen LogP contribution in [0.25, 0.3) is 0 Å². The quantitative estimate of drug-likeness (QED) is 0.752. The van der Waals surface area contributed by atoms with Crippen molar-refractivity contribution in [3.63, 3.8) is 0 Å². The average molecular weight is 392 g/mol. The molecule has 1 heterocycles. The molecule has 4 atom stereocenters. The Hall–Kier alpha value is -1.77. The summed E-state index contributed by atoms with van der Waals surface area (Å²) in [6, 6.07) is 19.3. The molecular formula is C20H24O6S. The zero-order chi connectivity index (χ0) is 19.3. The Labute approximate surface area is 160 Å². The predicted molar refractivity (Wildman–Crippen MR) is 100 cm³/mol. The Morgan fingerprint density at radius 3 is 1.48 bits per heavy atom. The van der Waals surface area contributed by atoms with Gasteiger partial charge < -0.3 is 9.47 Å². The van der Waals surface area contributed by atoms with Crippen LogP contribution in [0.2, 0.25) is 0 Å². The molecule has 7 heteroatoms. The molecule has 27 heavy (non-hydrogen) atoms. The third kappa shape index (κ3) is 5.60. The fraction of sp³-hybridized carbons (Fsp3) is 0.400. The normalized spacial score (nSPS) is 27.8. The second-order valence-electron chi connectivity index (χ2n) is 6.53. The molecule has 0 N–H and O–H groups in total. The van der Waals surface area contributed by atoms with E-state index in [9.17, 15) is 8.42 Å². The van der Waals surface area contributed by atoms with E-state index in [4.69, 9.17) is 17.8 Å². The summed E-state index contributed by atoms with van der Waals surface area (Å²) < 4.78 is 46.2. The van der Waals surface area contributed by atoms with Crippen LogP contribution in [0.3, 0.4) is 0 Å². The fourth-order valence-electron chi connectivity index (χ4n) is 3.03. The largest absolute Gasteiger partial charge is 0.400 e. The third-order valence-electron chi connectivity index (χ3n) is 4.36. The van der Waals surface area contributed by atoms with Gasteiger partial charge in [0.1, 0.15) is 24.4 Å². The van der Waals surface area contributed by atoms with Crippen molar-refractivity contribution in [3.8, 4) is 0 Å². The van der Waals surface area contributed by atoms with Crippen molar-refractivity contribution in [2.45, 2.75) is 51.5 Å². The second kappa shape index (κ2) is 8.95. The van der Waals surface area contributed by atoms with Gasteiger partial charge in [0.15, 0.2) is 0 Å². The smallest absolute Gasteiger partial charge is 0.368 e. The maximum absolute atomic E-state index is 12.0. The number of hydrogen-bond acceptors (Lipinski definition) is 6. The Kier molecular flexibility index (Phi) is 6.62. The molecule has 0 amide bonds. The first-order valence-corrected chi connectivity index (χ1v) is 10.2. The summed E-state index contributed by atoms with van der Waals surface area (Å²) >= 11 is 0. The molecule has 0 radical (unpaired) electrons. The van der Waals surface area contributed by atoms with Crippen LogP contribution in [0.5, 0.6) is 0 Å². The second-order valence-corrected chi connectivity index (χ2v) is 7.73. The number of benzene rings is 2.